The van der Waals surface area contributed by atoms with Crippen molar-refractivity contribution in [1.29, 1.82) is 0 Å². The molecule has 0 saturated carbocycles. The van der Waals surface area contributed by atoms with E-state index in [1.807, 2.05) is 19.1 Å². The van der Waals surface area contributed by atoms with Gasteiger partial charge < -0.3 is 14.8 Å². The van der Waals surface area contributed by atoms with Crippen LogP contribution in [0.5, 0.6) is 5.75 Å². The maximum Gasteiger partial charge on any atom is 0.344 e. The minimum absolute atomic E-state index is 0.0494. The molecule has 8 heteroatoms. The molecular weight excluding hydrogens is 334 g/mol. The van der Waals surface area contributed by atoms with Crippen LogP contribution in [0.25, 0.3) is 0 Å². The van der Waals surface area contributed by atoms with Crippen LogP contribution in [-0.2, 0) is 24.2 Å². The molecule has 132 valence electrons. The van der Waals surface area contributed by atoms with E-state index < -0.39 is 33.9 Å². The zero-order valence-corrected chi connectivity index (χ0v) is 14.5. The van der Waals surface area contributed by atoms with Crippen LogP contribution >= 0.6 is 0 Å². The molecule has 1 heterocycles. The molecule has 2 rings (SSSR count). The Morgan fingerprint density at radius 2 is 1.96 bits per heavy atom. The fraction of sp³-hybridized carbons (Fsp3) is 0.500. The molecule has 1 aromatic carbocycles. The number of carbonyl (C=O) groups is 2. The van der Waals surface area contributed by atoms with Crippen LogP contribution in [0, 0.1) is 6.92 Å². The number of ether oxygens (including phenoxy) is 2. The molecule has 0 unspecified atom stereocenters. The largest absolute Gasteiger partial charge is 0.482 e. The normalized spacial score (nSPS) is 21.9. The van der Waals surface area contributed by atoms with Crippen LogP contribution in [0.2, 0.25) is 0 Å². The lowest BCUT2D eigenvalue weighted by molar-refractivity contribution is -0.150. The van der Waals surface area contributed by atoms with Gasteiger partial charge in [-0.1, -0.05) is 18.2 Å². The van der Waals surface area contributed by atoms with E-state index in [-0.39, 0.29) is 18.1 Å². The maximum absolute atomic E-state index is 11.8. The second-order valence-electron chi connectivity index (χ2n) is 6.17. The van der Waals surface area contributed by atoms with Gasteiger partial charge in [-0.3, -0.25) is 4.79 Å². The highest BCUT2D eigenvalue weighted by Crippen LogP contribution is 2.22. The van der Waals surface area contributed by atoms with Crippen LogP contribution in [0.15, 0.2) is 24.3 Å². The van der Waals surface area contributed by atoms with Gasteiger partial charge in [-0.15, -0.1) is 0 Å². The third-order valence-corrected chi connectivity index (χ3v) is 5.65. The summed E-state index contributed by atoms with van der Waals surface area (Å²) in [6.45, 7) is 2.75. The standard InChI is InChI=1S/C16H21NO6S/c1-12-5-3-4-6-13(12)22-10-15(19)23-9-14(18)17-16(2)7-8-24(20,21)11-16/h3-6H,7-11H2,1-2H3,(H,17,18)/t16-/m0/s1. The van der Waals surface area contributed by atoms with Crippen molar-refractivity contribution in [2.24, 2.45) is 0 Å². The predicted octanol–water partition coefficient (Wildman–Crippen LogP) is 0.610. The zero-order chi connectivity index (χ0) is 17.8. The Kier molecular flexibility index (Phi) is 5.48. The number of carbonyl (C=O) groups excluding carboxylic acids is 2. The number of hydrogen-bond donors (Lipinski definition) is 1. The predicted molar refractivity (Wildman–Crippen MR) is 87.5 cm³/mol. The molecule has 0 aliphatic carbocycles. The minimum Gasteiger partial charge on any atom is -0.482 e. The molecule has 0 radical (unpaired) electrons. The summed E-state index contributed by atoms with van der Waals surface area (Å²) in [6, 6.07) is 7.23. The highest BCUT2D eigenvalue weighted by atomic mass is 32.2. The Morgan fingerprint density at radius 1 is 1.25 bits per heavy atom. The topological polar surface area (TPSA) is 98.8 Å². The van der Waals surface area contributed by atoms with Crippen molar-refractivity contribution in [1.82, 2.24) is 5.32 Å². The number of sulfone groups is 1. The van der Waals surface area contributed by atoms with Gasteiger partial charge in [-0.05, 0) is 31.9 Å². The van der Waals surface area contributed by atoms with Crippen molar-refractivity contribution in [2.75, 3.05) is 24.7 Å². The fourth-order valence-corrected chi connectivity index (χ4v) is 4.62. The summed E-state index contributed by atoms with van der Waals surface area (Å²) in [5.41, 5.74) is 0.0818. The van der Waals surface area contributed by atoms with Crippen LogP contribution in [-0.4, -0.2) is 50.6 Å². The number of benzene rings is 1. The first-order valence-corrected chi connectivity index (χ1v) is 9.37. The number of nitrogens with one attached hydrogen (secondary N) is 1. The molecule has 0 aromatic heterocycles. The third kappa shape index (κ3) is 5.23. The first-order valence-electron chi connectivity index (χ1n) is 7.55. The summed E-state index contributed by atoms with van der Waals surface area (Å²) in [4.78, 5) is 23.5. The van der Waals surface area contributed by atoms with Gasteiger partial charge in [0, 0.05) is 0 Å². The number of amides is 1. The molecule has 1 saturated heterocycles. The molecule has 1 N–H and O–H groups in total. The summed E-state index contributed by atoms with van der Waals surface area (Å²) in [6.07, 6.45) is 0.353. The lowest BCUT2D eigenvalue weighted by Gasteiger charge is -2.23. The van der Waals surface area contributed by atoms with Crippen LogP contribution in [0.4, 0.5) is 0 Å². The molecule has 0 spiro atoms. The third-order valence-electron chi connectivity index (χ3n) is 3.75. The molecule has 7 nitrogen and oxygen atoms in total. The quantitative estimate of drug-likeness (QED) is 0.751. The molecule has 0 bridgehead atoms. The Labute approximate surface area is 141 Å². The van der Waals surface area contributed by atoms with Gasteiger partial charge >= 0.3 is 5.97 Å². The monoisotopic (exact) mass is 355 g/mol. The van der Waals surface area contributed by atoms with Gasteiger partial charge in [0.2, 0.25) is 0 Å². The number of para-hydroxylation sites is 1. The SMILES string of the molecule is Cc1ccccc1OCC(=O)OCC(=O)N[C@@]1(C)CCS(=O)(=O)C1. The van der Waals surface area contributed by atoms with Crippen molar-refractivity contribution in [3.05, 3.63) is 29.8 Å². The second kappa shape index (κ2) is 7.21. The number of esters is 1. The van der Waals surface area contributed by atoms with Gasteiger partial charge in [0.05, 0.1) is 17.0 Å². The molecule has 1 aliphatic rings. The lowest BCUT2D eigenvalue weighted by Crippen LogP contribution is -2.48. The Bertz CT molecular complexity index is 730. The summed E-state index contributed by atoms with van der Waals surface area (Å²) >= 11 is 0. The van der Waals surface area contributed by atoms with Gasteiger partial charge in [-0.2, -0.15) is 0 Å². The first-order chi connectivity index (χ1) is 11.2. The Balaban J connectivity index is 1.74. The van der Waals surface area contributed by atoms with E-state index in [4.69, 9.17) is 9.47 Å². The second-order valence-corrected chi connectivity index (χ2v) is 8.35. The molecule has 1 fully saturated rings. The minimum atomic E-state index is -3.12. The van der Waals surface area contributed by atoms with Crippen molar-refractivity contribution >= 4 is 21.7 Å². The van der Waals surface area contributed by atoms with Crippen LogP contribution in [0.3, 0.4) is 0 Å². The number of hydrogen-bond acceptors (Lipinski definition) is 6. The molecule has 1 atom stereocenters. The van der Waals surface area contributed by atoms with E-state index in [1.165, 1.54) is 0 Å². The summed E-state index contributed by atoms with van der Waals surface area (Å²) < 4.78 is 33.1. The van der Waals surface area contributed by atoms with Crippen molar-refractivity contribution < 1.29 is 27.5 Å². The first kappa shape index (κ1) is 18.3. The van der Waals surface area contributed by atoms with E-state index in [9.17, 15) is 18.0 Å². The van der Waals surface area contributed by atoms with Crippen LogP contribution in [0.1, 0.15) is 18.9 Å². The van der Waals surface area contributed by atoms with E-state index in [0.717, 1.165) is 5.56 Å². The highest BCUT2D eigenvalue weighted by molar-refractivity contribution is 7.91. The number of aryl methyl sites for hydroxylation is 1. The zero-order valence-electron chi connectivity index (χ0n) is 13.7. The summed E-state index contributed by atoms with van der Waals surface area (Å²) in [5, 5.41) is 2.61. The van der Waals surface area contributed by atoms with Gasteiger partial charge in [0.1, 0.15) is 5.75 Å². The van der Waals surface area contributed by atoms with Crippen molar-refractivity contribution in [3.8, 4) is 5.75 Å². The molecule has 24 heavy (non-hydrogen) atoms. The average Bonchev–Trinajstić information content (AvgIpc) is 2.77. The summed E-state index contributed by atoms with van der Waals surface area (Å²) in [7, 11) is -3.12. The molecule has 1 aliphatic heterocycles. The average molecular weight is 355 g/mol. The van der Waals surface area contributed by atoms with E-state index >= 15 is 0 Å². The van der Waals surface area contributed by atoms with Gasteiger partial charge in [-0.25, -0.2) is 13.2 Å². The lowest BCUT2D eigenvalue weighted by atomic mass is 10.0. The molecular formula is C16H21NO6S. The van der Waals surface area contributed by atoms with E-state index in [0.29, 0.717) is 12.2 Å². The van der Waals surface area contributed by atoms with Crippen LogP contribution < -0.4 is 10.1 Å². The Morgan fingerprint density at radius 3 is 2.58 bits per heavy atom. The molecule has 1 amide bonds. The Hall–Kier alpha value is -2.09. The van der Waals surface area contributed by atoms with E-state index in [1.54, 1.807) is 19.1 Å². The highest BCUT2D eigenvalue weighted by Gasteiger charge is 2.39. The number of rotatable bonds is 6. The van der Waals surface area contributed by atoms with Crippen molar-refractivity contribution in [3.63, 3.8) is 0 Å². The van der Waals surface area contributed by atoms with Gasteiger partial charge in [0.15, 0.2) is 23.1 Å². The van der Waals surface area contributed by atoms with Crippen molar-refractivity contribution in [2.45, 2.75) is 25.8 Å². The smallest absolute Gasteiger partial charge is 0.344 e. The maximum atomic E-state index is 11.8. The summed E-state index contributed by atoms with van der Waals surface area (Å²) in [5.74, 6) is -0.678. The fourth-order valence-electron chi connectivity index (χ4n) is 2.52. The van der Waals surface area contributed by atoms with E-state index in [2.05, 4.69) is 5.32 Å². The van der Waals surface area contributed by atoms with Gasteiger partial charge in [0.25, 0.3) is 5.91 Å². The molecule has 1 aromatic rings.